The van der Waals surface area contributed by atoms with Gasteiger partial charge in [-0.05, 0) is 31.4 Å². The van der Waals surface area contributed by atoms with E-state index >= 15 is 0 Å². The van der Waals surface area contributed by atoms with Gasteiger partial charge in [0.2, 0.25) is 11.8 Å². The maximum Gasteiger partial charge on any atom is 0.240 e. The summed E-state index contributed by atoms with van der Waals surface area (Å²) in [4.78, 5) is 26.6. The molecular formula is C16H17NO4. The first-order valence-electron chi connectivity index (χ1n) is 7.29. The van der Waals surface area contributed by atoms with Crippen LogP contribution < -0.4 is 9.64 Å². The van der Waals surface area contributed by atoms with E-state index in [1.54, 1.807) is 19.2 Å². The first-order chi connectivity index (χ1) is 10.1. The summed E-state index contributed by atoms with van der Waals surface area (Å²) in [6.07, 6.45) is 1.62. The molecular weight excluding hydrogens is 270 g/mol. The highest BCUT2D eigenvalue weighted by atomic mass is 16.5. The van der Waals surface area contributed by atoms with Gasteiger partial charge in [-0.1, -0.05) is 6.07 Å². The number of hydrogen-bond donors (Lipinski definition) is 0. The Morgan fingerprint density at radius 1 is 1.14 bits per heavy atom. The molecule has 3 heterocycles. The second-order valence-electron chi connectivity index (χ2n) is 6.01. The summed E-state index contributed by atoms with van der Waals surface area (Å²) in [5.41, 5.74) is 1.57. The predicted molar refractivity (Wildman–Crippen MR) is 75.1 cm³/mol. The lowest BCUT2D eigenvalue weighted by atomic mass is 9.81. The van der Waals surface area contributed by atoms with Crippen LogP contribution >= 0.6 is 0 Å². The van der Waals surface area contributed by atoms with Gasteiger partial charge in [-0.15, -0.1) is 0 Å². The van der Waals surface area contributed by atoms with Crippen LogP contribution in [-0.2, 0) is 14.3 Å². The van der Waals surface area contributed by atoms with E-state index in [0.717, 1.165) is 18.4 Å². The topological polar surface area (TPSA) is 55.8 Å². The van der Waals surface area contributed by atoms with Crippen molar-refractivity contribution in [3.05, 3.63) is 23.8 Å². The minimum atomic E-state index is -0.288. The molecule has 4 atom stereocenters. The molecule has 3 saturated heterocycles. The zero-order chi connectivity index (χ0) is 14.7. The minimum absolute atomic E-state index is 0.0752. The van der Waals surface area contributed by atoms with Gasteiger partial charge in [0.05, 0.1) is 36.8 Å². The quantitative estimate of drug-likeness (QED) is 0.776. The first-order valence-corrected chi connectivity index (χ1v) is 7.29. The van der Waals surface area contributed by atoms with Gasteiger partial charge in [0.25, 0.3) is 0 Å². The second-order valence-corrected chi connectivity index (χ2v) is 6.01. The molecule has 3 aliphatic rings. The number of benzene rings is 1. The van der Waals surface area contributed by atoms with Crippen LogP contribution in [0.25, 0.3) is 0 Å². The largest absolute Gasteiger partial charge is 0.496 e. The molecule has 2 bridgehead atoms. The lowest BCUT2D eigenvalue weighted by Gasteiger charge is -2.18. The van der Waals surface area contributed by atoms with E-state index in [2.05, 4.69) is 0 Å². The Morgan fingerprint density at radius 2 is 1.76 bits per heavy atom. The van der Waals surface area contributed by atoms with Crippen molar-refractivity contribution in [3.8, 4) is 5.75 Å². The van der Waals surface area contributed by atoms with Gasteiger partial charge in [0, 0.05) is 6.07 Å². The van der Waals surface area contributed by atoms with E-state index in [9.17, 15) is 9.59 Å². The Labute approximate surface area is 122 Å². The number of carbonyl (C=O) groups excluding carboxylic acids is 2. The molecule has 5 nitrogen and oxygen atoms in total. The lowest BCUT2D eigenvalue weighted by molar-refractivity contribution is -0.124. The third-order valence-corrected chi connectivity index (χ3v) is 4.93. The zero-order valence-corrected chi connectivity index (χ0v) is 12.0. The number of carbonyl (C=O) groups is 2. The first kappa shape index (κ1) is 12.8. The fraction of sp³-hybridized carbons (Fsp3) is 0.500. The Morgan fingerprint density at radius 3 is 2.33 bits per heavy atom. The average molecular weight is 287 g/mol. The second kappa shape index (κ2) is 4.31. The highest BCUT2D eigenvalue weighted by Crippen LogP contribution is 2.49. The number of amides is 2. The predicted octanol–water partition coefficient (Wildman–Crippen LogP) is 1.67. The average Bonchev–Trinajstić information content (AvgIpc) is 3.14. The van der Waals surface area contributed by atoms with Crippen molar-refractivity contribution in [2.75, 3.05) is 12.0 Å². The molecule has 1 aromatic rings. The van der Waals surface area contributed by atoms with Crippen LogP contribution in [0.4, 0.5) is 5.69 Å². The summed E-state index contributed by atoms with van der Waals surface area (Å²) in [6, 6.07) is 5.43. The monoisotopic (exact) mass is 287 g/mol. The molecule has 3 aliphatic heterocycles. The maximum atomic E-state index is 12.7. The van der Waals surface area contributed by atoms with Crippen LogP contribution in [0.15, 0.2) is 18.2 Å². The molecule has 1 aromatic carbocycles. The number of hydrogen-bond acceptors (Lipinski definition) is 4. The minimum Gasteiger partial charge on any atom is -0.496 e. The van der Waals surface area contributed by atoms with Crippen LogP contribution in [-0.4, -0.2) is 31.1 Å². The molecule has 0 spiro atoms. The van der Waals surface area contributed by atoms with Crippen LogP contribution in [0.3, 0.4) is 0 Å². The number of aryl methyl sites for hydroxylation is 1. The van der Waals surface area contributed by atoms with Crippen molar-refractivity contribution >= 4 is 17.5 Å². The molecule has 5 heteroatoms. The maximum absolute atomic E-state index is 12.7. The smallest absolute Gasteiger partial charge is 0.240 e. The van der Waals surface area contributed by atoms with Crippen molar-refractivity contribution in [1.82, 2.24) is 0 Å². The molecule has 0 saturated carbocycles. The molecule has 0 aromatic heterocycles. The number of methoxy groups -OCH3 is 1. The molecule has 21 heavy (non-hydrogen) atoms. The third-order valence-electron chi connectivity index (χ3n) is 4.93. The summed E-state index contributed by atoms with van der Waals surface area (Å²) in [5.74, 6) is -0.136. The van der Waals surface area contributed by atoms with Crippen molar-refractivity contribution < 1.29 is 19.1 Å². The van der Waals surface area contributed by atoms with E-state index in [0.29, 0.717) is 11.4 Å². The van der Waals surface area contributed by atoms with E-state index in [4.69, 9.17) is 9.47 Å². The number of fused-ring (bicyclic) bond motifs is 5. The Kier molecular flexibility index (Phi) is 2.63. The highest BCUT2D eigenvalue weighted by Gasteiger charge is 2.62. The van der Waals surface area contributed by atoms with Crippen molar-refractivity contribution in [1.29, 1.82) is 0 Å². The molecule has 110 valence electrons. The van der Waals surface area contributed by atoms with Gasteiger partial charge in [0.1, 0.15) is 5.75 Å². The van der Waals surface area contributed by atoms with Crippen LogP contribution in [0.2, 0.25) is 0 Å². The molecule has 0 N–H and O–H groups in total. The van der Waals surface area contributed by atoms with E-state index < -0.39 is 0 Å². The van der Waals surface area contributed by atoms with Gasteiger partial charge in [-0.25, -0.2) is 4.90 Å². The van der Waals surface area contributed by atoms with E-state index in [1.807, 2.05) is 13.0 Å². The van der Waals surface area contributed by atoms with Crippen molar-refractivity contribution in [2.24, 2.45) is 11.8 Å². The fourth-order valence-electron chi connectivity index (χ4n) is 3.91. The summed E-state index contributed by atoms with van der Waals surface area (Å²) < 4.78 is 11.0. The SMILES string of the molecule is COc1cc(N2C(=O)[C@@H]3[C@H](C2=O)[C@H]2CC[C@@H]3O2)ccc1C. The summed E-state index contributed by atoms with van der Waals surface area (Å²) in [5, 5.41) is 0. The molecule has 4 rings (SSSR count). The van der Waals surface area contributed by atoms with Gasteiger partial charge in [-0.3, -0.25) is 9.59 Å². The summed E-state index contributed by atoms with van der Waals surface area (Å²) in [6.45, 7) is 1.93. The summed E-state index contributed by atoms with van der Waals surface area (Å²) in [7, 11) is 1.59. The Bertz CT molecular complexity index is 613. The van der Waals surface area contributed by atoms with Crippen molar-refractivity contribution in [3.63, 3.8) is 0 Å². The number of ether oxygens (including phenoxy) is 2. The highest BCUT2D eigenvalue weighted by molar-refractivity contribution is 6.22. The number of anilines is 1. The lowest BCUT2D eigenvalue weighted by Crippen LogP contribution is -2.34. The summed E-state index contributed by atoms with van der Waals surface area (Å²) >= 11 is 0. The standard InChI is InChI=1S/C16H17NO4/c1-8-3-4-9(7-12(8)20-2)17-15(18)13-10-5-6-11(21-10)14(13)16(17)19/h3-4,7,10-11,13-14H,5-6H2,1-2H3/t10-,11+,13-,14+. The number of rotatable bonds is 2. The van der Waals surface area contributed by atoms with Crippen LogP contribution in [0.5, 0.6) is 5.75 Å². The zero-order valence-electron chi connectivity index (χ0n) is 12.0. The number of nitrogens with zero attached hydrogens (tertiary/aromatic N) is 1. The molecule has 2 amide bonds. The molecule has 3 fully saturated rings. The normalized spacial score (nSPS) is 33.7. The third kappa shape index (κ3) is 1.61. The van der Waals surface area contributed by atoms with Crippen LogP contribution in [0.1, 0.15) is 18.4 Å². The fourth-order valence-corrected chi connectivity index (χ4v) is 3.91. The van der Waals surface area contributed by atoms with Crippen LogP contribution in [0, 0.1) is 18.8 Å². The van der Waals surface area contributed by atoms with Gasteiger partial charge in [0.15, 0.2) is 0 Å². The molecule has 0 radical (unpaired) electrons. The van der Waals surface area contributed by atoms with Gasteiger partial charge < -0.3 is 9.47 Å². The van der Waals surface area contributed by atoms with Crippen molar-refractivity contribution in [2.45, 2.75) is 32.0 Å². The Hall–Kier alpha value is -1.88. The molecule has 0 unspecified atom stereocenters. The van der Waals surface area contributed by atoms with E-state index in [1.165, 1.54) is 4.90 Å². The Balaban J connectivity index is 1.73. The molecule has 0 aliphatic carbocycles. The van der Waals surface area contributed by atoms with E-state index in [-0.39, 0.29) is 35.9 Å². The number of imide groups is 1. The van der Waals surface area contributed by atoms with Gasteiger partial charge >= 0.3 is 0 Å². The van der Waals surface area contributed by atoms with Gasteiger partial charge in [-0.2, -0.15) is 0 Å².